The summed E-state index contributed by atoms with van der Waals surface area (Å²) in [5, 5.41) is 4.68. The molecule has 2 heterocycles. The maximum atomic E-state index is 6.11. The predicted molar refractivity (Wildman–Crippen MR) is 84.7 cm³/mol. The van der Waals surface area contributed by atoms with Crippen molar-refractivity contribution in [1.82, 2.24) is 15.1 Å². The quantitative estimate of drug-likeness (QED) is 0.925. The third kappa shape index (κ3) is 2.97. The molecular formula is C15H21Cl2N3. The Bertz CT molecular complexity index is 468. The van der Waals surface area contributed by atoms with E-state index >= 15 is 0 Å². The van der Waals surface area contributed by atoms with Gasteiger partial charge >= 0.3 is 0 Å². The minimum atomic E-state index is 0.406. The van der Waals surface area contributed by atoms with Gasteiger partial charge in [0.1, 0.15) is 0 Å². The fourth-order valence-corrected chi connectivity index (χ4v) is 3.37. The van der Waals surface area contributed by atoms with E-state index in [2.05, 4.69) is 28.1 Å². The van der Waals surface area contributed by atoms with E-state index in [4.69, 9.17) is 23.2 Å². The Balaban J connectivity index is 1.57. The molecule has 0 bridgehead atoms. The Hall–Kier alpha value is -0.320. The summed E-state index contributed by atoms with van der Waals surface area (Å²) in [6, 6.07) is 7.10. The molecule has 0 spiro atoms. The van der Waals surface area contributed by atoms with Crippen LogP contribution in [0.4, 0.5) is 0 Å². The lowest BCUT2D eigenvalue weighted by Gasteiger charge is -2.49. The molecule has 1 N–H and O–H groups in total. The van der Waals surface area contributed by atoms with Crippen molar-refractivity contribution in [3.8, 4) is 0 Å². The van der Waals surface area contributed by atoms with Crippen LogP contribution >= 0.6 is 23.2 Å². The topological polar surface area (TPSA) is 18.5 Å². The summed E-state index contributed by atoms with van der Waals surface area (Å²) in [5.74, 6) is 0. The largest absolute Gasteiger partial charge is 0.314 e. The summed E-state index contributed by atoms with van der Waals surface area (Å²) in [7, 11) is 0. The number of piperazine rings is 1. The highest BCUT2D eigenvalue weighted by molar-refractivity contribution is 6.42. The molecule has 1 aromatic rings. The number of hydrogen-bond donors (Lipinski definition) is 1. The Morgan fingerprint density at radius 3 is 2.50 bits per heavy atom. The lowest BCUT2D eigenvalue weighted by molar-refractivity contribution is 0.00348. The van der Waals surface area contributed by atoms with Gasteiger partial charge in [0, 0.05) is 51.4 Å². The molecule has 0 amide bonds. The lowest BCUT2D eigenvalue weighted by Crippen LogP contribution is -2.62. The molecule has 20 heavy (non-hydrogen) atoms. The first-order chi connectivity index (χ1) is 9.65. The Morgan fingerprint density at radius 1 is 1.15 bits per heavy atom. The van der Waals surface area contributed by atoms with Crippen LogP contribution in [0.5, 0.6) is 0 Å². The number of nitrogens with one attached hydrogen (secondary N) is 1. The zero-order chi connectivity index (χ0) is 14.1. The van der Waals surface area contributed by atoms with Crippen LogP contribution < -0.4 is 5.32 Å². The second-order valence-corrected chi connectivity index (χ2v) is 6.56. The average Bonchev–Trinajstić information content (AvgIpc) is 2.41. The van der Waals surface area contributed by atoms with Crippen LogP contribution in [-0.2, 0) is 0 Å². The van der Waals surface area contributed by atoms with Gasteiger partial charge in [0.25, 0.3) is 0 Å². The third-order valence-electron chi connectivity index (χ3n) is 4.53. The molecule has 3 nitrogen and oxygen atoms in total. The minimum absolute atomic E-state index is 0.406. The molecule has 3 rings (SSSR count). The van der Waals surface area contributed by atoms with Crippen molar-refractivity contribution in [3.05, 3.63) is 33.8 Å². The molecule has 1 unspecified atom stereocenters. The number of hydrogen-bond acceptors (Lipinski definition) is 3. The van der Waals surface area contributed by atoms with Gasteiger partial charge in [-0.3, -0.25) is 9.80 Å². The van der Waals surface area contributed by atoms with Crippen molar-refractivity contribution in [2.75, 3.05) is 39.3 Å². The summed E-state index contributed by atoms with van der Waals surface area (Å²) < 4.78 is 0. The van der Waals surface area contributed by atoms with Crippen molar-refractivity contribution >= 4 is 23.2 Å². The molecule has 0 aromatic heterocycles. The summed E-state index contributed by atoms with van der Waals surface area (Å²) in [6.07, 6.45) is 0. The van der Waals surface area contributed by atoms with Gasteiger partial charge in [0.2, 0.25) is 0 Å². The third-order valence-corrected chi connectivity index (χ3v) is 5.27. The SMILES string of the molecule is CC(c1ccc(Cl)c(Cl)c1)N1CC(N2CCNCC2)C1. The molecular weight excluding hydrogens is 293 g/mol. The normalized spacial score (nSPS) is 23.6. The van der Waals surface area contributed by atoms with Crippen molar-refractivity contribution in [1.29, 1.82) is 0 Å². The second kappa shape index (κ2) is 6.20. The van der Waals surface area contributed by atoms with Gasteiger partial charge in [-0.15, -0.1) is 0 Å². The highest BCUT2D eigenvalue weighted by atomic mass is 35.5. The van der Waals surface area contributed by atoms with Crippen LogP contribution in [0.2, 0.25) is 10.0 Å². The molecule has 0 aliphatic carbocycles. The van der Waals surface area contributed by atoms with E-state index in [0.717, 1.165) is 32.2 Å². The zero-order valence-electron chi connectivity index (χ0n) is 11.8. The van der Waals surface area contributed by atoms with E-state index in [1.807, 2.05) is 12.1 Å². The average molecular weight is 314 g/mol. The molecule has 2 saturated heterocycles. The van der Waals surface area contributed by atoms with Gasteiger partial charge in [-0.1, -0.05) is 29.3 Å². The summed E-state index contributed by atoms with van der Waals surface area (Å²) in [5.41, 5.74) is 1.25. The maximum Gasteiger partial charge on any atom is 0.0595 e. The highest BCUT2D eigenvalue weighted by Crippen LogP contribution is 2.31. The lowest BCUT2D eigenvalue weighted by atomic mass is 9.99. The standard InChI is InChI=1S/C15H21Cl2N3/c1-11(12-2-3-14(16)15(17)8-12)20-9-13(10-20)19-6-4-18-5-7-19/h2-3,8,11,13,18H,4-7,9-10H2,1H3. The van der Waals surface area contributed by atoms with E-state index in [-0.39, 0.29) is 0 Å². The molecule has 5 heteroatoms. The molecule has 110 valence electrons. The predicted octanol–water partition coefficient (Wildman–Crippen LogP) is 2.64. The van der Waals surface area contributed by atoms with Crippen molar-refractivity contribution in [3.63, 3.8) is 0 Å². The molecule has 2 fully saturated rings. The van der Waals surface area contributed by atoms with Crippen LogP contribution in [-0.4, -0.2) is 55.1 Å². The van der Waals surface area contributed by atoms with E-state index in [0.29, 0.717) is 16.1 Å². The van der Waals surface area contributed by atoms with Crippen molar-refractivity contribution in [2.45, 2.75) is 19.0 Å². The molecule has 0 saturated carbocycles. The molecule has 0 radical (unpaired) electrons. The van der Waals surface area contributed by atoms with Gasteiger partial charge in [-0.25, -0.2) is 0 Å². The Kier molecular flexibility index (Phi) is 4.53. The summed E-state index contributed by atoms with van der Waals surface area (Å²) in [4.78, 5) is 5.11. The number of nitrogens with zero attached hydrogens (tertiary/aromatic N) is 2. The van der Waals surface area contributed by atoms with E-state index in [1.165, 1.54) is 18.7 Å². The minimum Gasteiger partial charge on any atom is -0.314 e. The van der Waals surface area contributed by atoms with Crippen LogP contribution in [0.1, 0.15) is 18.5 Å². The first kappa shape index (κ1) is 14.6. The molecule has 2 aliphatic rings. The molecule has 1 atom stereocenters. The first-order valence-electron chi connectivity index (χ1n) is 7.29. The van der Waals surface area contributed by atoms with Crippen LogP contribution in [0, 0.1) is 0 Å². The summed E-state index contributed by atoms with van der Waals surface area (Å²) >= 11 is 12.1. The van der Waals surface area contributed by atoms with E-state index in [9.17, 15) is 0 Å². The van der Waals surface area contributed by atoms with Crippen molar-refractivity contribution in [2.24, 2.45) is 0 Å². The van der Waals surface area contributed by atoms with Gasteiger partial charge in [0.05, 0.1) is 10.0 Å². The number of benzene rings is 1. The Labute approximate surface area is 130 Å². The second-order valence-electron chi connectivity index (χ2n) is 5.74. The van der Waals surface area contributed by atoms with E-state index < -0.39 is 0 Å². The highest BCUT2D eigenvalue weighted by Gasteiger charge is 2.35. The Morgan fingerprint density at radius 2 is 1.85 bits per heavy atom. The van der Waals surface area contributed by atoms with Gasteiger partial charge in [-0.05, 0) is 24.6 Å². The number of likely N-dealkylation sites (tertiary alicyclic amines) is 1. The smallest absolute Gasteiger partial charge is 0.0595 e. The van der Waals surface area contributed by atoms with Crippen LogP contribution in [0.25, 0.3) is 0 Å². The monoisotopic (exact) mass is 313 g/mol. The van der Waals surface area contributed by atoms with Gasteiger partial charge in [-0.2, -0.15) is 0 Å². The van der Waals surface area contributed by atoms with Gasteiger partial charge < -0.3 is 5.32 Å². The van der Waals surface area contributed by atoms with Crippen LogP contribution in [0.15, 0.2) is 18.2 Å². The van der Waals surface area contributed by atoms with Crippen LogP contribution in [0.3, 0.4) is 0 Å². The number of rotatable bonds is 3. The number of halogens is 2. The van der Waals surface area contributed by atoms with Gasteiger partial charge in [0.15, 0.2) is 0 Å². The van der Waals surface area contributed by atoms with Crippen molar-refractivity contribution < 1.29 is 0 Å². The first-order valence-corrected chi connectivity index (χ1v) is 8.04. The fourth-order valence-electron chi connectivity index (χ4n) is 3.07. The molecule has 2 aliphatic heterocycles. The fraction of sp³-hybridized carbons (Fsp3) is 0.600. The zero-order valence-corrected chi connectivity index (χ0v) is 13.3. The van der Waals surface area contributed by atoms with E-state index in [1.54, 1.807) is 0 Å². The summed E-state index contributed by atoms with van der Waals surface area (Å²) in [6.45, 7) is 9.16. The maximum absolute atomic E-state index is 6.11. The molecule has 1 aromatic carbocycles.